The quantitative estimate of drug-likeness (QED) is 0.804. The van der Waals surface area contributed by atoms with Crippen LogP contribution in [0, 0.1) is 5.92 Å². The van der Waals surface area contributed by atoms with Crippen molar-refractivity contribution in [2.45, 2.75) is 65.4 Å². The molecule has 3 rings (SSSR count). The number of carbonyl (C=O) groups is 2. The van der Waals surface area contributed by atoms with Crippen LogP contribution in [0.3, 0.4) is 0 Å². The van der Waals surface area contributed by atoms with Crippen molar-refractivity contribution in [1.29, 1.82) is 0 Å². The van der Waals surface area contributed by atoms with Gasteiger partial charge in [0.15, 0.2) is 0 Å². The Balaban J connectivity index is 2.02. The van der Waals surface area contributed by atoms with Crippen LogP contribution in [0.15, 0.2) is 30.8 Å². The summed E-state index contributed by atoms with van der Waals surface area (Å²) >= 11 is 0. The third-order valence-electron chi connectivity index (χ3n) is 4.78. The summed E-state index contributed by atoms with van der Waals surface area (Å²) in [6.07, 6.45) is -0.324. The van der Waals surface area contributed by atoms with Gasteiger partial charge in [-0.25, -0.2) is 4.79 Å². The van der Waals surface area contributed by atoms with Crippen molar-refractivity contribution in [2.24, 2.45) is 5.92 Å². The number of carbonyl (C=O) groups excluding carboxylic acids is 2. The summed E-state index contributed by atoms with van der Waals surface area (Å²) in [7, 11) is 0. The van der Waals surface area contributed by atoms with E-state index in [0.29, 0.717) is 13.0 Å². The lowest BCUT2D eigenvalue weighted by Crippen LogP contribution is -2.48. The van der Waals surface area contributed by atoms with Crippen molar-refractivity contribution in [3.63, 3.8) is 0 Å². The second kappa shape index (κ2) is 6.45. The van der Waals surface area contributed by atoms with E-state index >= 15 is 0 Å². The maximum Gasteiger partial charge on any atom is 0.412 e. The van der Waals surface area contributed by atoms with Crippen LogP contribution >= 0.6 is 0 Å². The lowest BCUT2D eigenvalue weighted by atomic mass is 9.94. The maximum atomic E-state index is 13.1. The van der Waals surface area contributed by atoms with Gasteiger partial charge in [-0.3, -0.25) is 9.69 Å². The fraction of sp³-hybridized carbons (Fsp3) is 0.524. The number of hydrogen-bond acceptors (Lipinski definition) is 3. The summed E-state index contributed by atoms with van der Waals surface area (Å²) in [5.41, 5.74) is 2.23. The van der Waals surface area contributed by atoms with Crippen molar-refractivity contribution in [1.82, 2.24) is 9.80 Å². The first kappa shape index (κ1) is 18.5. The molecule has 0 saturated carbocycles. The summed E-state index contributed by atoms with van der Waals surface area (Å²) in [6, 6.07) is 7.42. The average Bonchev–Trinajstić information content (AvgIpc) is 2.79. The zero-order valence-electron chi connectivity index (χ0n) is 16.3. The summed E-state index contributed by atoms with van der Waals surface area (Å²) in [6.45, 7) is 14.3. The van der Waals surface area contributed by atoms with Crippen LogP contribution in [-0.4, -0.2) is 39.6 Å². The number of amides is 2. The zero-order chi connectivity index (χ0) is 19.2. The normalized spacial score (nSPS) is 22.5. The Morgan fingerprint density at radius 2 is 1.96 bits per heavy atom. The van der Waals surface area contributed by atoms with Gasteiger partial charge < -0.3 is 9.64 Å². The van der Waals surface area contributed by atoms with Gasteiger partial charge in [0.1, 0.15) is 17.8 Å². The molecule has 0 radical (unpaired) electrons. The minimum Gasteiger partial charge on any atom is -0.444 e. The van der Waals surface area contributed by atoms with Crippen molar-refractivity contribution < 1.29 is 14.3 Å². The lowest BCUT2D eigenvalue weighted by Gasteiger charge is -2.37. The predicted molar refractivity (Wildman–Crippen MR) is 101 cm³/mol. The van der Waals surface area contributed by atoms with Gasteiger partial charge in [0, 0.05) is 6.54 Å². The van der Waals surface area contributed by atoms with Gasteiger partial charge in [0.2, 0.25) is 5.91 Å². The van der Waals surface area contributed by atoms with E-state index in [1.807, 2.05) is 45.0 Å². The molecule has 1 fully saturated rings. The molecule has 0 spiro atoms. The number of ether oxygens (including phenoxy) is 1. The number of nitrogens with zero attached hydrogens (tertiary/aromatic N) is 2. The first-order valence-electron chi connectivity index (χ1n) is 9.19. The zero-order valence-corrected chi connectivity index (χ0v) is 16.3. The van der Waals surface area contributed by atoms with Gasteiger partial charge in [-0.05, 0) is 49.8 Å². The Morgan fingerprint density at radius 3 is 2.58 bits per heavy atom. The number of rotatable bonds is 2. The third-order valence-corrected chi connectivity index (χ3v) is 4.78. The van der Waals surface area contributed by atoms with Gasteiger partial charge in [-0.15, -0.1) is 0 Å². The highest BCUT2D eigenvalue weighted by Gasteiger charge is 2.52. The summed E-state index contributed by atoms with van der Waals surface area (Å²) in [5.74, 6) is 0.260. The van der Waals surface area contributed by atoms with Crippen molar-refractivity contribution in [3.8, 4) is 0 Å². The van der Waals surface area contributed by atoms with Crippen LogP contribution in [0.5, 0.6) is 0 Å². The van der Waals surface area contributed by atoms with E-state index in [1.165, 1.54) is 0 Å². The topological polar surface area (TPSA) is 49.9 Å². The van der Waals surface area contributed by atoms with Crippen LogP contribution < -0.4 is 0 Å². The molecule has 1 saturated heterocycles. The number of benzene rings is 1. The van der Waals surface area contributed by atoms with Gasteiger partial charge in [-0.2, -0.15) is 0 Å². The molecular weight excluding hydrogens is 328 g/mol. The predicted octanol–water partition coefficient (Wildman–Crippen LogP) is 4.03. The lowest BCUT2D eigenvalue weighted by molar-refractivity contribution is -0.130. The summed E-state index contributed by atoms with van der Waals surface area (Å²) in [5, 5.41) is 0. The fourth-order valence-corrected chi connectivity index (χ4v) is 3.77. The minimum atomic E-state index is -0.621. The molecule has 5 nitrogen and oxygen atoms in total. The summed E-state index contributed by atoms with van der Waals surface area (Å²) < 4.78 is 5.63. The average molecular weight is 356 g/mol. The van der Waals surface area contributed by atoms with Gasteiger partial charge in [0.25, 0.3) is 0 Å². The fourth-order valence-electron chi connectivity index (χ4n) is 3.77. The SMILES string of the molecule is C=C1c2ccccc2CN2C(=O)[C@H](CC(C)C)N(C(=O)OC(C)(C)C)[C@@H]12. The van der Waals surface area contributed by atoms with E-state index < -0.39 is 23.9 Å². The van der Waals surface area contributed by atoms with E-state index in [9.17, 15) is 9.59 Å². The van der Waals surface area contributed by atoms with Gasteiger partial charge in [-0.1, -0.05) is 44.7 Å². The molecule has 2 aliphatic heterocycles. The maximum absolute atomic E-state index is 13.1. The molecule has 1 aromatic carbocycles. The minimum absolute atomic E-state index is 0.0230. The Morgan fingerprint density at radius 1 is 1.31 bits per heavy atom. The van der Waals surface area contributed by atoms with Crippen LogP contribution in [0.2, 0.25) is 0 Å². The first-order chi connectivity index (χ1) is 12.1. The molecule has 2 heterocycles. The highest BCUT2D eigenvalue weighted by Crippen LogP contribution is 2.40. The molecule has 1 aromatic rings. The Bertz CT molecular complexity index is 748. The van der Waals surface area contributed by atoms with Crippen LogP contribution in [0.25, 0.3) is 5.57 Å². The van der Waals surface area contributed by atoms with Crippen molar-refractivity contribution in [3.05, 3.63) is 42.0 Å². The second-order valence-electron chi connectivity index (χ2n) is 8.56. The Hall–Kier alpha value is -2.30. The Labute approximate surface area is 155 Å². The standard InChI is InChI=1S/C21H28N2O3/c1-13(2)11-17-19(24)22-12-15-9-7-8-10-16(15)14(3)18(22)23(17)20(25)26-21(4,5)6/h7-10,13,17-18H,3,11-12H2,1-2,4-6H3/t17-,18-/m0/s1. The molecule has 26 heavy (non-hydrogen) atoms. The van der Waals surface area contributed by atoms with Crippen molar-refractivity contribution in [2.75, 3.05) is 0 Å². The summed E-state index contributed by atoms with van der Waals surface area (Å²) in [4.78, 5) is 29.5. The molecule has 2 atom stereocenters. The number of hydrogen-bond donors (Lipinski definition) is 0. The van der Waals surface area contributed by atoms with E-state index in [-0.39, 0.29) is 11.8 Å². The molecule has 0 aromatic heterocycles. The second-order valence-corrected chi connectivity index (χ2v) is 8.56. The van der Waals surface area contributed by atoms with Crippen molar-refractivity contribution >= 4 is 17.6 Å². The molecule has 0 aliphatic carbocycles. The number of fused-ring (bicyclic) bond motifs is 2. The van der Waals surface area contributed by atoms with Gasteiger partial charge >= 0.3 is 6.09 Å². The largest absolute Gasteiger partial charge is 0.444 e. The molecule has 2 aliphatic rings. The van der Waals surface area contributed by atoms with E-state index in [2.05, 4.69) is 20.4 Å². The Kier molecular flexibility index (Phi) is 4.59. The monoisotopic (exact) mass is 356 g/mol. The van der Waals surface area contributed by atoms with E-state index in [1.54, 1.807) is 9.80 Å². The molecule has 5 heteroatoms. The van der Waals surface area contributed by atoms with E-state index in [0.717, 1.165) is 16.7 Å². The smallest absolute Gasteiger partial charge is 0.412 e. The highest BCUT2D eigenvalue weighted by molar-refractivity contribution is 5.94. The highest BCUT2D eigenvalue weighted by atomic mass is 16.6. The molecule has 0 bridgehead atoms. The molecule has 140 valence electrons. The molecular formula is C21H28N2O3. The third kappa shape index (κ3) is 3.22. The van der Waals surface area contributed by atoms with Gasteiger partial charge in [0.05, 0.1) is 0 Å². The molecule has 0 N–H and O–H groups in total. The van der Waals surface area contributed by atoms with E-state index in [4.69, 9.17) is 4.74 Å². The molecule has 0 unspecified atom stereocenters. The van der Waals surface area contributed by atoms with Crippen LogP contribution in [-0.2, 0) is 16.1 Å². The first-order valence-corrected chi connectivity index (χ1v) is 9.19. The van der Waals surface area contributed by atoms with Crippen LogP contribution in [0.4, 0.5) is 4.79 Å². The van der Waals surface area contributed by atoms with Crippen LogP contribution in [0.1, 0.15) is 52.2 Å². The molecule has 2 amide bonds.